The van der Waals surface area contributed by atoms with Crippen molar-refractivity contribution < 1.29 is 9.53 Å². The third kappa shape index (κ3) is 3.67. The molecule has 0 bridgehead atoms. The van der Waals surface area contributed by atoms with Gasteiger partial charge in [-0.25, -0.2) is 0 Å². The van der Waals surface area contributed by atoms with E-state index in [-0.39, 0.29) is 11.5 Å². The smallest absolute Gasteiger partial charge is 0.261 e. The Hall–Kier alpha value is -1.98. The summed E-state index contributed by atoms with van der Waals surface area (Å²) in [5.41, 5.74) is 1.43. The number of carbonyl (C=O) groups is 1. The van der Waals surface area contributed by atoms with Crippen LogP contribution in [-0.4, -0.2) is 17.1 Å². The molecule has 1 N–H and O–H groups in total. The highest BCUT2D eigenvalue weighted by atomic mass is 35.5. The molecule has 0 atom stereocenters. The van der Waals surface area contributed by atoms with Crippen LogP contribution in [0.15, 0.2) is 29.1 Å². The highest BCUT2D eigenvalue weighted by molar-refractivity contribution is 6.36. The molecule has 1 amide bonds. The van der Waals surface area contributed by atoms with E-state index in [0.717, 1.165) is 12.8 Å². The van der Waals surface area contributed by atoms with Crippen molar-refractivity contribution in [1.82, 2.24) is 4.57 Å². The molecule has 0 unspecified atom stereocenters. The molecule has 0 aliphatic carbocycles. The van der Waals surface area contributed by atoms with Crippen molar-refractivity contribution in [3.05, 3.63) is 55.9 Å². The number of anilines is 1. The fourth-order valence-corrected chi connectivity index (χ4v) is 3.48. The summed E-state index contributed by atoms with van der Waals surface area (Å²) >= 11 is 12.0. The van der Waals surface area contributed by atoms with Crippen LogP contribution in [0.4, 0.5) is 5.69 Å². The predicted octanol–water partition coefficient (Wildman–Crippen LogP) is 4.14. The zero-order valence-electron chi connectivity index (χ0n) is 13.8. The van der Waals surface area contributed by atoms with E-state index < -0.39 is 0 Å². The van der Waals surface area contributed by atoms with Gasteiger partial charge in [-0.1, -0.05) is 23.2 Å². The van der Waals surface area contributed by atoms with Crippen LogP contribution in [0, 0.1) is 0 Å². The van der Waals surface area contributed by atoms with Gasteiger partial charge in [0, 0.05) is 23.3 Å². The minimum absolute atomic E-state index is 0.140. The summed E-state index contributed by atoms with van der Waals surface area (Å²) in [6, 6.07) is 6.24. The number of hydrogen-bond donors (Lipinski definition) is 1. The molecule has 2 heterocycles. The molecule has 1 aliphatic heterocycles. The summed E-state index contributed by atoms with van der Waals surface area (Å²) < 4.78 is 7.22. The van der Waals surface area contributed by atoms with Gasteiger partial charge in [0.2, 0.25) is 0 Å². The number of aromatic nitrogens is 1. The van der Waals surface area contributed by atoms with Crippen LogP contribution in [0.25, 0.3) is 0 Å². The van der Waals surface area contributed by atoms with Crippen molar-refractivity contribution in [3.63, 3.8) is 0 Å². The molecule has 3 rings (SSSR count). The van der Waals surface area contributed by atoms with Crippen LogP contribution in [-0.2, 0) is 13.0 Å². The van der Waals surface area contributed by atoms with Crippen LogP contribution < -0.4 is 15.6 Å². The van der Waals surface area contributed by atoms with E-state index in [9.17, 15) is 9.59 Å². The lowest BCUT2D eigenvalue weighted by molar-refractivity contribution is 0.102. The number of halogens is 2. The first-order valence-electron chi connectivity index (χ1n) is 8.17. The van der Waals surface area contributed by atoms with Gasteiger partial charge in [0.25, 0.3) is 11.5 Å². The van der Waals surface area contributed by atoms with Crippen LogP contribution in [0.1, 0.15) is 35.8 Å². The average molecular weight is 381 g/mol. The van der Waals surface area contributed by atoms with Gasteiger partial charge in [0.15, 0.2) is 0 Å². The Labute approximate surface area is 155 Å². The normalized spacial score (nSPS) is 13.2. The van der Waals surface area contributed by atoms with Crippen LogP contribution in [0.3, 0.4) is 0 Å². The maximum Gasteiger partial charge on any atom is 0.261 e. The molecule has 0 radical (unpaired) electrons. The maximum absolute atomic E-state index is 12.9. The molecule has 0 saturated carbocycles. The fraction of sp³-hybridized carbons (Fsp3) is 0.333. The van der Waals surface area contributed by atoms with E-state index in [1.54, 1.807) is 22.8 Å². The van der Waals surface area contributed by atoms with E-state index in [4.69, 9.17) is 27.9 Å². The minimum atomic E-state index is -0.349. The monoisotopic (exact) mass is 380 g/mol. The average Bonchev–Trinajstić information content (AvgIpc) is 2.58. The quantitative estimate of drug-likeness (QED) is 0.866. The second-order valence-corrected chi connectivity index (χ2v) is 6.63. The standard InChI is InChI=1S/C18H18Cl2N2O3/c1-2-25-15-10-16(23)22-8-4-3-5-14(22)17(15)18(24)21-13-7-6-11(19)9-12(13)20/h6-7,9-10H,2-5,8H2,1H3,(H,21,24). The second-order valence-electron chi connectivity index (χ2n) is 5.79. The summed E-state index contributed by atoms with van der Waals surface area (Å²) in [7, 11) is 0. The molecule has 1 aromatic heterocycles. The lowest BCUT2D eigenvalue weighted by Gasteiger charge is -2.23. The van der Waals surface area contributed by atoms with E-state index in [1.165, 1.54) is 6.07 Å². The highest BCUT2D eigenvalue weighted by Crippen LogP contribution is 2.29. The van der Waals surface area contributed by atoms with Crippen molar-refractivity contribution in [2.45, 2.75) is 32.7 Å². The van der Waals surface area contributed by atoms with E-state index >= 15 is 0 Å². The lowest BCUT2D eigenvalue weighted by Crippen LogP contribution is -2.31. The number of amides is 1. The first-order chi connectivity index (χ1) is 12.0. The molecule has 5 nitrogen and oxygen atoms in total. The van der Waals surface area contributed by atoms with E-state index in [2.05, 4.69) is 5.32 Å². The van der Waals surface area contributed by atoms with Gasteiger partial charge in [-0.05, 0) is 44.4 Å². The number of nitrogens with zero attached hydrogens (tertiary/aromatic N) is 1. The first-order valence-corrected chi connectivity index (χ1v) is 8.92. The number of fused-ring (bicyclic) bond motifs is 1. The summed E-state index contributed by atoms with van der Waals surface area (Å²) in [6.45, 7) is 2.79. The van der Waals surface area contributed by atoms with E-state index in [1.807, 2.05) is 6.92 Å². The van der Waals surface area contributed by atoms with Gasteiger partial charge in [0.1, 0.15) is 11.3 Å². The van der Waals surface area contributed by atoms with Crippen molar-refractivity contribution in [1.29, 1.82) is 0 Å². The fourth-order valence-electron chi connectivity index (χ4n) is 3.03. The molecule has 1 aromatic carbocycles. The second kappa shape index (κ2) is 7.50. The summed E-state index contributed by atoms with van der Waals surface area (Å²) in [6.07, 6.45) is 2.51. The summed E-state index contributed by atoms with van der Waals surface area (Å²) in [5.74, 6) is -0.0402. The first kappa shape index (κ1) is 17.8. The van der Waals surface area contributed by atoms with Crippen molar-refractivity contribution in [3.8, 4) is 5.75 Å². The lowest BCUT2D eigenvalue weighted by atomic mass is 10.0. The minimum Gasteiger partial charge on any atom is -0.493 e. The highest BCUT2D eigenvalue weighted by Gasteiger charge is 2.24. The molecule has 25 heavy (non-hydrogen) atoms. The Bertz CT molecular complexity index is 877. The Balaban J connectivity index is 2.05. The summed E-state index contributed by atoms with van der Waals surface area (Å²) in [4.78, 5) is 25.2. The molecule has 7 heteroatoms. The molecular weight excluding hydrogens is 363 g/mol. The molecular formula is C18H18Cl2N2O3. The molecule has 0 saturated heterocycles. The number of pyridine rings is 1. The topological polar surface area (TPSA) is 60.3 Å². The Kier molecular flexibility index (Phi) is 5.35. The van der Waals surface area contributed by atoms with Gasteiger partial charge in [-0.3, -0.25) is 9.59 Å². The van der Waals surface area contributed by atoms with Gasteiger partial charge in [0.05, 0.1) is 17.3 Å². The zero-order chi connectivity index (χ0) is 18.0. The molecule has 0 spiro atoms. The number of nitrogens with one attached hydrogen (secondary N) is 1. The molecule has 132 valence electrons. The van der Waals surface area contributed by atoms with Gasteiger partial charge >= 0.3 is 0 Å². The molecule has 2 aromatic rings. The van der Waals surface area contributed by atoms with Crippen molar-refractivity contribution >= 4 is 34.8 Å². The Morgan fingerprint density at radius 1 is 1.28 bits per heavy atom. The van der Waals surface area contributed by atoms with Gasteiger partial charge in [-0.2, -0.15) is 0 Å². The zero-order valence-corrected chi connectivity index (χ0v) is 15.3. The largest absolute Gasteiger partial charge is 0.493 e. The number of rotatable bonds is 4. The van der Waals surface area contributed by atoms with Gasteiger partial charge in [-0.15, -0.1) is 0 Å². The van der Waals surface area contributed by atoms with Crippen molar-refractivity contribution in [2.24, 2.45) is 0 Å². The molecule has 0 fully saturated rings. The van der Waals surface area contributed by atoms with E-state index in [0.29, 0.717) is 52.3 Å². The Morgan fingerprint density at radius 2 is 2.08 bits per heavy atom. The van der Waals surface area contributed by atoms with Crippen LogP contribution in [0.2, 0.25) is 10.0 Å². The van der Waals surface area contributed by atoms with Crippen LogP contribution >= 0.6 is 23.2 Å². The number of benzene rings is 1. The SMILES string of the molecule is CCOc1cc(=O)n2c(c1C(=O)Nc1ccc(Cl)cc1Cl)CCCC2. The third-order valence-corrected chi connectivity index (χ3v) is 4.68. The third-order valence-electron chi connectivity index (χ3n) is 4.13. The maximum atomic E-state index is 12.9. The van der Waals surface area contributed by atoms with Gasteiger partial charge < -0.3 is 14.6 Å². The van der Waals surface area contributed by atoms with Crippen molar-refractivity contribution in [2.75, 3.05) is 11.9 Å². The number of ether oxygens (including phenoxy) is 1. The summed E-state index contributed by atoms with van der Waals surface area (Å²) in [5, 5.41) is 3.63. The molecule has 1 aliphatic rings. The predicted molar refractivity (Wildman–Crippen MR) is 99.2 cm³/mol. The number of hydrogen-bond acceptors (Lipinski definition) is 3. The van der Waals surface area contributed by atoms with Crippen LogP contribution in [0.5, 0.6) is 5.75 Å². The Morgan fingerprint density at radius 3 is 2.80 bits per heavy atom. The number of carbonyl (C=O) groups excluding carboxylic acids is 1.